The van der Waals surface area contributed by atoms with E-state index in [1.165, 1.54) is 16.7 Å². The molecule has 0 radical (unpaired) electrons. The first-order chi connectivity index (χ1) is 9.67. The SMILES string of the molecule is C=C(SC)C(=O)N[C@@H]1C[C@@H](CF)N(C(=O)OC(C)(C)C)C1. The molecule has 120 valence electrons. The number of nitrogens with one attached hydrogen (secondary N) is 1. The fraction of sp³-hybridized carbons (Fsp3) is 0.714. The summed E-state index contributed by atoms with van der Waals surface area (Å²) in [5.41, 5.74) is -0.633. The Bertz CT molecular complexity index is 423. The number of nitrogens with zero attached hydrogens (tertiary/aromatic N) is 1. The van der Waals surface area contributed by atoms with Crippen molar-refractivity contribution in [3.8, 4) is 0 Å². The number of hydrogen-bond acceptors (Lipinski definition) is 4. The van der Waals surface area contributed by atoms with Crippen molar-refractivity contribution >= 4 is 23.8 Å². The molecular formula is C14H23FN2O3S. The number of amides is 2. The normalized spacial score (nSPS) is 22.0. The number of hydrogen-bond donors (Lipinski definition) is 1. The molecule has 7 heteroatoms. The summed E-state index contributed by atoms with van der Waals surface area (Å²) in [5, 5.41) is 2.77. The molecule has 21 heavy (non-hydrogen) atoms. The Labute approximate surface area is 129 Å². The highest BCUT2D eigenvalue weighted by molar-refractivity contribution is 8.03. The van der Waals surface area contributed by atoms with Crippen LogP contribution in [0.4, 0.5) is 9.18 Å². The van der Waals surface area contributed by atoms with Crippen molar-refractivity contribution in [1.82, 2.24) is 10.2 Å². The van der Waals surface area contributed by atoms with Crippen LogP contribution in [0.1, 0.15) is 27.2 Å². The number of rotatable bonds is 4. The van der Waals surface area contributed by atoms with E-state index >= 15 is 0 Å². The van der Waals surface area contributed by atoms with Crippen molar-refractivity contribution in [2.45, 2.75) is 44.9 Å². The average Bonchev–Trinajstić information content (AvgIpc) is 2.78. The third kappa shape index (κ3) is 5.22. The minimum Gasteiger partial charge on any atom is -0.444 e. The minimum absolute atomic E-state index is 0.247. The Morgan fingerprint density at radius 2 is 2.10 bits per heavy atom. The molecule has 1 aliphatic heterocycles. The van der Waals surface area contributed by atoms with E-state index in [0.717, 1.165) is 0 Å². The molecule has 2 atom stereocenters. The zero-order chi connectivity index (χ0) is 16.2. The van der Waals surface area contributed by atoms with Crippen LogP contribution < -0.4 is 5.32 Å². The van der Waals surface area contributed by atoms with Crippen LogP contribution in [0.5, 0.6) is 0 Å². The Kier molecular flexibility index (Phi) is 6.07. The molecule has 0 saturated carbocycles. The van der Waals surface area contributed by atoms with E-state index in [1.807, 2.05) is 0 Å². The summed E-state index contributed by atoms with van der Waals surface area (Å²) in [6.45, 7) is 8.49. The lowest BCUT2D eigenvalue weighted by molar-refractivity contribution is -0.117. The van der Waals surface area contributed by atoms with Crippen molar-refractivity contribution in [3.63, 3.8) is 0 Å². The first-order valence-corrected chi connectivity index (χ1v) is 7.99. The molecule has 0 aliphatic carbocycles. The predicted octanol–water partition coefficient (Wildman–Crippen LogP) is 2.33. The van der Waals surface area contributed by atoms with Crippen molar-refractivity contribution < 1.29 is 18.7 Å². The lowest BCUT2D eigenvalue weighted by Gasteiger charge is -2.27. The van der Waals surface area contributed by atoms with E-state index in [-0.39, 0.29) is 18.5 Å². The molecule has 5 nitrogen and oxygen atoms in total. The third-order valence-electron chi connectivity index (χ3n) is 3.06. The molecule has 0 aromatic heterocycles. The molecule has 0 aromatic carbocycles. The maximum absolute atomic E-state index is 13.1. The van der Waals surface area contributed by atoms with Crippen molar-refractivity contribution in [1.29, 1.82) is 0 Å². The first kappa shape index (κ1) is 17.8. The number of ether oxygens (including phenoxy) is 1. The number of carbonyl (C=O) groups is 2. The van der Waals surface area contributed by atoms with Gasteiger partial charge in [0.05, 0.1) is 10.9 Å². The molecule has 0 bridgehead atoms. The van der Waals surface area contributed by atoms with Gasteiger partial charge in [-0.1, -0.05) is 6.58 Å². The smallest absolute Gasteiger partial charge is 0.410 e. The topological polar surface area (TPSA) is 58.6 Å². The number of alkyl halides is 1. The van der Waals surface area contributed by atoms with E-state index in [4.69, 9.17) is 4.74 Å². The Balaban J connectivity index is 2.65. The third-order valence-corrected chi connectivity index (χ3v) is 3.73. The zero-order valence-electron chi connectivity index (χ0n) is 12.9. The highest BCUT2D eigenvalue weighted by Crippen LogP contribution is 2.22. The van der Waals surface area contributed by atoms with Crippen LogP contribution in [0.2, 0.25) is 0 Å². The standard InChI is InChI=1S/C14H23FN2O3S/c1-9(21-5)12(18)16-10-6-11(7-15)17(8-10)13(19)20-14(2,3)4/h10-11H,1,6-8H2,2-5H3,(H,16,18)/t10-,11+/m1/s1. The Morgan fingerprint density at radius 1 is 1.48 bits per heavy atom. The van der Waals surface area contributed by atoms with Gasteiger partial charge < -0.3 is 15.0 Å². The second kappa shape index (κ2) is 7.15. The molecule has 0 spiro atoms. The molecule has 1 saturated heterocycles. The summed E-state index contributed by atoms with van der Waals surface area (Å²) in [6.07, 6.45) is 1.59. The molecule has 1 heterocycles. The maximum atomic E-state index is 13.1. The van der Waals surface area contributed by atoms with Gasteiger partial charge in [0.15, 0.2) is 0 Å². The summed E-state index contributed by atoms with van der Waals surface area (Å²) >= 11 is 1.25. The molecule has 1 N–H and O–H groups in total. The van der Waals surface area contributed by atoms with Gasteiger partial charge in [0.25, 0.3) is 5.91 Å². The summed E-state index contributed by atoms with van der Waals surface area (Å²) in [7, 11) is 0. The van der Waals surface area contributed by atoms with Gasteiger partial charge in [0.2, 0.25) is 0 Å². The van der Waals surface area contributed by atoms with Crippen LogP contribution in [-0.4, -0.2) is 54.1 Å². The van der Waals surface area contributed by atoms with Gasteiger partial charge in [0.1, 0.15) is 12.3 Å². The van der Waals surface area contributed by atoms with Crippen LogP contribution in [0.25, 0.3) is 0 Å². The lowest BCUT2D eigenvalue weighted by atomic mass is 10.2. The summed E-state index contributed by atoms with van der Waals surface area (Å²) < 4.78 is 18.4. The van der Waals surface area contributed by atoms with Crippen LogP contribution in [0.15, 0.2) is 11.5 Å². The van der Waals surface area contributed by atoms with Gasteiger partial charge in [-0.2, -0.15) is 0 Å². The molecule has 1 fully saturated rings. The van der Waals surface area contributed by atoms with Crippen molar-refractivity contribution in [3.05, 3.63) is 11.5 Å². The molecule has 2 amide bonds. The quantitative estimate of drug-likeness (QED) is 0.808. The lowest BCUT2D eigenvalue weighted by Crippen LogP contribution is -2.42. The molecule has 0 aromatic rings. The molecule has 1 rings (SSSR count). The van der Waals surface area contributed by atoms with E-state index < -0.39 is 24.4 Å². The highest BCUT2D eigenvalue weighted by atomic mass is 32.2. The van der Waals surface area contributed by atoms with Crippen LogP contribution in [-0.2, 0) is 9.53 Å². The van der Waals surface area contributed by atoms with E-state index in [1.54, 1.807) is 27.0 Å². The van der Waals surface area contributed by atoms with Gasteiger partial charge >= 0.3 is 6.09 Å². The van der Waals surface area contributed by atoms with E-state index in [0.29, 0.717) is 11.3 Å². The fourth-order valence-electron chi connectivity index (χ4n) is 2.07. The fourth-order valence-corrected chi connectivity index (χ4v) is 2.31. The highest BCUT2D eigenvalue weighted by Gasteiger charge is 2.38. The average molecular weight is 318 g/mol. The number of halogens is 1. The second-order valence-electron chi connectivity index (χ2n) is 5.97. The summed E-state index contributed by atoms with van der Waals surface area (Å²) in [4.78, 5) is 25.6. The Hall–Kier alpha value is -1.24. The molecule has 1 aliphatic rings. The van der Waals surface area contributed by atoms with E-state index in [2.05, 4.69) is 11.9 Å². The van der Waals surface area contributed by atoms with Crippen LogP contribution >= 0.6 is 11.8 Å². The van der Waals surface area contributed by atoms with Crippen molar-refractivity contribution in [2.24, 2.45) is 0 Å². The number of likely N-dealkylation sites (tertiary alicyclic amines) is 1. The Morgan fingerprint density at radius 3 is 2.57 bits per heavy atom. The largest absolute Gasteiger partial charge is 0.444 e. The van der Waals surface area contributed by atoms with Crippen molar-refractivity contribution in [2.75, 3.05) is 19.5 Å². The number of thioether (sulfide) groups is 1. The monoisotopic (exact) mass is 318 g/mol. The van der Waals surface area contributed by atoms with Gasteiger partial charge in [-0.05, 0) is 33.4 Å². The van der Waals surface area contributed by atoms with E-state index in [9.17, 15) is 14.0 Å². The molecule has 0 unspecified atom stereocenters. The second-order valence-corrected chi connectivity index (χ2v) is 6.88. The number of carbonyl (C=O) groups excluding carboxylic acids is 2. The van der Waals surface area contributed by atoms with Gasteiger partial charge in [0, 0.05) is 12.6 Å². The maximum Gasteiger partial charge on any atom is 0.410 e. The zero-order valence-corrected chi connectivity index (χ0v) is 13.8. The van der Waals surface area contributed by atoms with Gasteiger partial charge in [-0.25, -0.2) is 9.18 Å². The van der Waals surface area contributed by atoms with Crippen LogP contribution in [0, 0.1) is 0 Å². The van der Waals surface area contributed by atoms with Gasteiger partial charge in [-0.15, -0.1) is 11.8 Å². The summed E-state index contributed by atoms with van der Waals surface area (Å²) in [5.74, 6) is -0.281. The predicted molar refractivity (Wildman–Crippen MR) is 81.9 cm³/mol. The minimum atomic E-state index is -0.658. The van der Waals surface area contributed by atoms with Crippen LogP contribution in [0.3, 0.4) is 0 Å². The first-order valence-electron chi connectivity index (χ1n) is 6.77. The summed E-state index contributed by atoms with van der Waals surface area (Å²) in [6, 6.07) is -0.845. The molecular weight excluding hydrogens is 295 g/mol. The van der Waals surface area contributed by atoms with Gasteiger partial charge in [-0.3, -0.25) is 4.79 Å².